The Bertz CT molecular complexity index is 624. The van der Waals surface area contributed by atoms with Gasteiger partial charge >= 0.3 is 5.76 Å². The highest BCUT2D eigenvalue weighted by atomic mass is 16.4. The molecule has 108 valence electrons. The zero-order chi connectivity index (χ0) is 14.4. The number of oxazole rings is 1. The normalized spacial score (nSPS) is 11.1. The Balaban J connectivity index is 1.94. The van der Waals surface area contributed by atoms with E-state index in [9.17, 15) is 9.59 Å². The molecule has 0 spiro atoms. The van der Waals surface area contributed by atoms with Crippen molar-refractivity contribution in [3.8, 4) is 0 Å². The van der Waals surface area contributed by atoms with E-state index in [4.69, 9.17) is 4.42 Å². The molecule has 0 aliphatic rings. The van der Waals surface area contributed by atoms with Crippen molar-refractivity contribution in [2.75, 3.05) is 0 Å². The van der Waals surface area contributed by atoms with Gasteiger partial charge in [-0.15, -0.1) is 0 Å². The summed E-state index contributed by atoms with van der Waals surface area (Å²) in [6.45, 7) is 2.18. The second kappa shape index (κ2) is 7.08. The van der Waals surface area contributed by atoms with Crippen molar-refractivity contribution >= 4 is 17.0 Å². The van der Waals surface area contributed by atoms with Crippen molar-refractivity contribution in [2.45, 2.75) is 51.9 Å². The summed E-state index contributed by atoms with van der Waals surface area (Å²) in [7, 11) is 0. The zero-order valence-corrected chi connectivity index (χ0v) is 11.9. The lowest BCUT2D eigenvalue weighted by Gasteiger charge is -2.02. The third kappa shape index (κ3) is 3.38. The highest BCUT2D eigenvalue weighted by Gasteiger charge is 2.14. The molecule has 0 saturated carbocycles. The molecule has 1 aromatic carbocycles. The number of rotatable bonds is 7. The topological polar surface area (TPSA) is 52.2 Å². The number of hydrogen-bond acceptors (Lipinski definition) is 3. The Labute approximate surface area is 118 Å². The third-order valence-corrected chi connectivity index (χ3v) is 3.48. The molecule has 0 fully saturated rings. The Morgan fingerprint density at radius 3 is 2.60 bits per heavy atom. The number of nitrogens with zero attached hydrogens (tertiary/aromatic N) is 1. The van der Waals surface area contributed by atoms with Crippen molar-refractivity contribution < 1.29 is 9.21 Å². The van der Waals surface area contributed by atoms with Gasteiger partial charge in [0.2, 0.25) is 5.91 Å². The summed E-state index contributed by atoms with van der Waals surface area (Å²) in [4.78, 5) is 23.9. The van der Waals surface area contributed by atoms with Crippen LogP contribution in [-0.2, 0) is 0 Å². The first-order valence-corrected chi connectivity index (χ1v) is 7.38. The number of fused-ring (bicyclic) bond motifs is 1. The van der Waals surface area contributed by atoms with E-state index in [1.165, 1.54) is 19.3 Å². The van der Waals surface area contributed by atoms with Gasteiger partial charge in [0.15, 0.2) is 5.58 Å². The fourth-order valence-corrected chi connectivity index (χ4v) is 2.37. The average Bonchev–Trinajstić information content (AvgIpc) is 2.78. The van der Waals surface area contributed by atoms with Crippen molar-refractivity contribution in [3.63, 3.8) is 0 Å². The number of carbonyl (C=O) groups is 1. The van der Waals surface area contributed by atoms with E-state index >= 15 is 0 Å². The van der Waals surface area contributed by atoms with Crippen LogP contribution in [0.15, 0.2) is 33.5 Å². The summed E-state index contributed by atoms with van der Waals surface area (Å²) in [6, 6.07) is 7.02. The molecule has 0 amide bonds. The number of benzene rings is 1. The SMILES string of the molecule is CCCCCCCCC(=O)n1c(=O)oc2ccccc21. The maximum absolute atomic E-state index is 12.1. The van der Waals surface area contributed by atoms with Crippen LogP contribution in [0.25, 0.3) is 11.1 Å². The van der Waals surface area contributed by atoms with Crippen LogP contribution in [0.4, 0.5) is 0 Å². The third-order valence-electron chi connectivity index (χ3n) is 3.48. The smallest absolute Gasteiger partial charge is 0.407 e. The largest absolute Gasteiger partial charge is 0.426 e. The van der Waals surface area contributed by atoms with Gasteiger partial charge in [-0.2, -0.15) is 0 Å². The van der Waals surface area contributed by atoms with Gasteiger partial charge in [0.25, 0.3) is 0 Å². The average molecular weight is 275 g/mol. The number of aromatic nitrogens is 1. The first-order valence-electron chi connectivity index (χ1n) is 7.38. The van der Waals surface area contributed by atoms with Crippen molar-refractivity contribution in [1.82, 2.24) is 4.57 Å². The van der Waals surface area contributed by atoms with Crippen molar-refractivity contribution in [1.29, 1.82) is 0 Å². The molecular weight excluding hydrogens is 254 g/mol. The molecule has 0 N–H and O–H groups in total. The molecule has 0 radical (unpaired) electrons. The van der Waals surface area contributed by atoms with Gasteiger partial charge in [-0.05, 0) is 18.6 Å². The monoisotopic (exact) mass is 275 g/mol. The van der Waals surface area contributed by atoms with Crippen molar-refractivity contribution in [3.05, 3.63) is 34.8 Å². The molecular formula is C16H21NO3. The van der Waals surface area contributed by atoms with E-state index in [0.29, 0.717) is 17.5 Å². The molecule has 0 aliphatic carbocycles. The first kappa shape index (κ1) is 14.6. The lowest BCUT2D eigenvalue weighted by molar-refractivity contribution is 0.0895. The van der Waals surface area contributed by atoms with Crippen LogP contribution < -0.4 is 5.76 Å². The first-order chi connectivity index (χ1) is 9.74. The molecule has 2 rings (SSSR count). The quantitative estimate of drug-likeness (QED) is 0.718. The minimum absolute atomic E-state index is 0.171. The lowest BCUT2D eigenvalue weighted by Crippen LogP contribution is -2.22. The maximum atomic E-state index is 12.1. The summed E-state index contributed by atoms with van der Waals surface area (Å²) < 4.78 is 6.22. The van der Waals surface area contributed by atoms with Gasteiger partial charge in [0, 0.05) is 6.42 Å². The number of carbonyl (C=O) groups excluding carboxylic acids is 1. The van der Waals surface area contributed by atoms with Crippen molar-refractivity contribution in [2.24, 2.45) is 0 Å². The van der Waals surface area contributed by atoms with Gasteiger partial charge in [-0.1, -0.05) is 51.2 Å². The molecule has 0 bridgehead atoms. The predicted molar refractivity (Wildman–Crippen MR) is 79.1 cm³/mol. The number of para-hydroxylation sites is 2. The van der Waals surface area contributed by atoms with Gasteiger partial charge in [0.05, 0.1) is 5.52 Å². The molecule has 0 unspecified atom stereocenters. The van der Waals surface area contributed by atoms with Crippen LogP contribution in [0, 0.1) is 0 Å². The predicted octanol–water partition coefficient (Wildman–Crippen LogP) is 3.99. The van der Waals surface area contributed by atoms with Crippen LogP contribution in [0.3, 0.4) is 0 Å². The molecule has 0 aliphatic heterocycles. The highest BCUT2D eigenvalue weighted by molar-refractivity contribution is 5.88. The van der Waals surface area contributed by atoms with Crippen LogP contribution in [0.1, 0.15) is 56.7 Å². The highest BCUT2D eigenvalue weighted by Crippen LogP contribution is 2.13. The summed E-state index contributed by atoms with van der Waals surface area (Å²) in [5.74, 6) is -0.752. The summed E-state index contributed by atoms with van der Waals surface area (Å²) in [5.41, 5.74) is 1.03. The second-order valence-corrected chi connectivity index (χ2v) is 5.08. The Hall–Kier alpha value is -1.84. The second-order valence-electron chi connectivity index (χ2n) is 5.08. The van der Waals surface area contributed by atoms with Crippen LogP contribution in [-0.4, -0.2) is 10.5 Å². The van der Waals surface area contributed by atoms with Crippen LogP contribution >= 0.6 is 0 Å². The molecule has 0 atom stereocenters. The lowest BCUT2D eigenvalue weighted by atomic mass is 10.1. The summed E-state index contributed by atoms with van der Waals surface area (Å²) >= 11 is 0. The van der Waals surface area contributed by atoms with E-state index < -0.39 is 5.76 Å². The van der Waals surface area contributed by atoms with E-state index in [0.717, 1.165) is 23.8 Å². The Kier molecular flexibility index (Phi) is 5.16. The minimum Gasteiger partial charge on any atom is -0.407 e. The summed E-state index contributed by atoms with van der Waals surface area (Å²) in [5, 5.41) is 0. The van der Waals surface area contributed by atoms with E-state index in [-0.39, 0.29) is 5.91 Å². The Morgan fingerprint density at radius 1 is 1.10 bits per heavy atom. The number of hydrogen-bond donors (Lipinski definition) is 0. The van der Waals surface area contributed by atoms with E-state index in [1.54, 1.807) is 24.3 Å². The molecule has 1 heterocycles. The standard InChI is InChI=1S/C16H21NO3/c1-2-3-4-5-6-7-12-15(18)17-13-10-8-9-11-14(13)20-16(17)19/h8-11H,2-7,12H2,1H3. The van der Waals surface area contributed by atoms with E-state index in [1.807, 2.05) is 0 Å². The van der Waals surface area contributed by atoms with Crippen LogP contribution in [0.5, 0.6) is 0 Å². The molecule has 4 heteroatoms. The Morgan fingerprint density at radius 2 is 1.80 bits per heavy atom. The minimum atomic E-state index is -0.581. The molecule has 4 nitrogen and oxygen atoms in total. The molecule has 20 heavy (non-hydrogen) atoms. The van der Waals surface area contributed by atoms with Gasteiger partial charge < -0.3 is 4.42 Å². The van der Waals surface area contributed by atoms with Gasteiger partial charge in [-0.25, -0.2) is 9.36 Å². The van der Waals surface area contributed by atoms with Gasteiger partial charge in [-0.3, -0.25) is 4.79 Å². The molecule has 1 aromatic heterocycles. The maximum Gasteiger partial charge on any atom is 0.426 e. The molecule has 0 saturated heterocycles. The fraction of sp³-hybridized carbons (Fsp3) is 0.500. The zero-order valence-electron chi connectivity index (χ0n) is 11.9. The van der Waals surface area contributed by atoms with Gasteiger partial charge in [0.1, 0.15) is 0 Å². The van der Waals surface area contributed by atoms with Crippen LogP contribution in [0.2, 0.25) is 0 Å². The molecule has 2 aromatic rings. The summed E-state index contributed by atoms with van der Waals surface area (Å²) in [6.07, 6.45) is 7.11. The number of unbranched alkanes of at least 4 members (excludes halogenated alkanes) is 5. The van der Waals surface area contributed by atoms with E-state index in [2.05, 4.69) is 6.92 Å². The fourth-order valence-electron chi connectivity index (χ4n) is 2.37.